The van der Waals surface area contributed by atoms with E-state index < -0.39 is 16.0 Å². The molecule has 0 amide bonds. The number of carbonyl (C=O) groups is 1. The van der Waals surface area contributed by atoms with Crippen LogP contribution in [0.5, 0.6) is 23.0 Å². The number of benzene rings is 3. The summed E-state index contributed by atoms with van der Waals surface area (Å²) in [6.45, 7) is 0. The molecule has 0 saturated carbocycles. The van der Waals surface area contributed by atoms with Crippen molar-refractivity contribution in [2.24, 2.45) is 0 Å². The van der Waals surface area contributed by atoms with E-state index in [-0.39, 0.29) is 22.7 Å². The van der Waals surface area contributed by atoms with Gasteiger partial charge in [-0.15, -0.1) is 0 Å². The zero-order chi connectivity index (χ0) is 26.3. The molecule has 3 N–H and O–H groups in total. The minimum absolute atomic E-state index is 0.00960. The Kier molecular flexibility index (Phi) is 8.28. The second kappa shape index (κ2) is 11.4. The Morgan fingerprint density at radius 3 is 2.00 bits per heavy atom. The molecule has 0 bridgehead atoms. The fourth-order valence-electron chi connectivity index (χ4n) is 3.39. The second-order valence-electron chi connectivity index (χ2n) is 7.26. The Morgan fingerprint density at radius 1 is 0.861 bits per heavy atom. The molecule has 3 aromatic carbocycles. The van der Waals surface area contributed by atoms with Gasteiger partial charge in [-0.3, -0.25) is 4.72 Å². The number of sulfonamides is 1. The first-order valence-corrected chi connectivity index (χ1v) is 12.0. The molecule has 0 saturated heterocycles. The standard InChI is InChI=1S/C25H26N2O8S/c1-32-17-14-21(34-3)18(22(15-17)35-4)12-13-36(30,31)27-19-10-11-20(33-2)23(25(28)29)24(19)26-16-8-6-5-7-9-16/h5-15,26-27H,1-4H3,(H,28,29)/b13-12+. The van der Waals surface area contributed by atoms with Gasteiger partial charge in [0.05, 0.1) is 50.8 Å². The maximum Gasteiger partial charge on any atom is 0.341 e. The van der Waals surface area contributed by atoms with Crippen molar-refractivity contribution in [2.75, 3.05) is 38.5 Å². The van der Waals surface area contributed by atoms with Crippen molar-refractivity contribution < 1.29 is 37.3 Å². The number of nitrogens with one attached hydrogen (secondary N) is 2. The van der Waals surface area contributed by atoms with Crippen molar-refractivity contribution in [2.45, 2.75) is 0 Å². The zero-order valence-electron chi connectivity index (χ0n) is 20.1. The topological polar surface area (TPSA) is 132 Å². The molecule has 0 aliphatic carbocycles. The van der Waals surface area contributed by atoms with E-state index in [4.69, 9.17) is 18.9 Å². The Morgan fingerprint density at radius 2 is 1.47 bits per heavy atom. The first-order valence-electron chi connectivity index (χ1n) is 10.5. The lowest BCUT2D eigenvalue weighted by atomic mass is 10.1. The fraction of sp³-hybridized carbons (Fsp3) is 0.160. The van der Waals surface area contributed by atoms with Crippen molar-refractivity contribution in [1.29, 1.82) is 0 Å². The van der Waals surface area contributed by atoms with Gasteiger partial charge in [-0.1, -0.05) is 18.2 Å². The van der Waals surface area contributed by atoms with Crippen LogP contribution in [0, 0.1) is 0 Å². The van der Waals surface area contributed by atoms with Crippen LogP contribution < -0.4 is 29.0 Å². The Balaban J connectivity index is 2.04. The van der Waals surface area contributed by atoms with Gasteiger partial charge in [0.2, 0.25) is 0 Å². The molecule has 36 heavy (non-hydrogen) atoms. The number of carboxylic acids is 1. The average Bonchev–Trinajstić information content (AvgIpc) is 2.87. The molecule has 3 aromatic rings. The highest BCUT2D eigenvalue weighted by molar-refractivity contribution is 7.95. The van der Waals surface area contributed by atoms with Crippen LogP contribution in [-0.4, -0.2) is 47.9 Å². The Hall–Kier alpha value is -4.38. The summed E-state index contributed by atoms with van der Waals surface area (Å²) in [7, 11) is 1.56. The SMILES string of the molecule is COc1cc(OC)c(/C=C/S(=O)(=O)Nc2ccc(OC)c(C(=O)O)c2Nc2ccccc2)c(OC)c1. The largest absolute Gasteiger partial charge is 0.496 e. The van der Waals surface area contributed by atoms with Crippen LogP contribution in [0.15, 0.2) is 60.0 Å². The van der Waals surface area contributed by atoms with Crippen LogP contribution in [0.2, 0.25) is 0 Å². The normalized spacial score (nSPS) is 11.1. The lowest BCUT2D eigenvalue weighted by Crippen LogP contribution is -2.13. The molecule has 0 radical (unpaired) electrons. The van der Waals surface area contributed by atoms with E-state index in [2.05, 4.69) is 10.0 Å². The number of ether oxygens (including phenoxy) is 4. The molecule has 0 heterocycles. The van der Waals surface area contributed by atoms with Gasteiger partial charge in [-0.25, -0.2) is 13.2 Å². The molecule has 0 unspecified atom stereocenters. The smallest absolute Gasteiger partial charge is 0.341 e. The van der Waals surface area contributed by atoms with Crippen molar-refractivity contribution in [3.05, 3.63) is 71.1 Å². The summed E-state index contributed by atoms with van der Waals surface area (Å²) < 4.78 is 49.6. The van der Waals surface area contributed by atoms with Crippen molar-refractivity contribution in [3.63, 3.8) is 0 Å². The zero-order valence-corrected chi connectivity index (χ0v) is 20.9. The fourth-order valence-corrected chi connectivity index (χ4v) is 4.25. The molecule has 0 aromatic heterocycles. The number of carboxylic acid groups (broad SMARTS) is 1. The second-order valence-corrected chi connectivity index (χ2v) is 8.82. The van der Waals surface area contributed by atoms with E-state index in [1.54, 1.807) is 42.5 Å². The Labute approximate surface area is 209 Å². The maximum absolute atomic E-state index is 13.0. The molecule has 0 aliphatic rings. The lowest BCUT2D eigenvalue weighted by molar-refractivity contribution is 0.0694. The van der Waals surface area contributed by atoms with Crippen molar-refractivity contribution in [1.82, 2.24) is 0 Å². The van der Waals surface area contributed by atoms with E-state index in [1.165, 1.54) is 46.6 Å². The molecule has 3 rings (SSSR count). The van der Waals surface area contributed by atoms with Crippen LogP contribution in [-0.2, 0) is 10.0 Å². The molecular formula is C25H26N2O8S. The van der Waals surface area contributed by atoms with Crippen molar-refractivity contribution >= 4 is 39.1 Å². The van der Waals surface area contributed by atoms with Gasteiger partial charge < -0.3 is 29.4 Å². The first-order chi connectivity index (χ1) is 17.2. The summed E-state index contributed by atoms with van der Waals surface area (Å²) >= 11 is 0. The van der Waals surface area contributed by atoms with Gasteiger partial charge in [0, 0.05) is 17.8 Å². The minimum atomic E-state index is -4.12. The van der Waals surface area contributed by atoms with E-state index >= 15 is 0 Å². The Bertz CT molecular complexity index is 1350. The van der Waals surface area contributed by atoms with Gasteiger partial charge in [0.15, 0.2) is 0 Å². The number of anilines is 3. The van der Waals surface area contributed by atoms with Gasteiger partial charge >= 0.3 is 5.97 Å². The maximum atomic E-state index is 13.0. The van der Waals surface area contributed by atoms with Crippen LogP contribution in [0.4, 0.5) is 17.1 Å². The predicted octanol–water partition coefficient (Wildman–Crippen LogP) is 4.58. The number of hydrogen-bond acceptors (Lipinski definition) is 8. The summed E-state index contributed by atoms with van der Waals surface area (Å²) in [6, 6.07) is 14.7. The number of para-hydroxylation sites is 1. The van der Waals surface area contributed by atoms with Crippen LogP contribution in [0.3, 0.4) is 0 Å². The number of hydrogen-bond donors (Lipinski definition) is 3. The summed E-state index contributed by atoms with van der Waals surface area (Å²) in [6.07, 6.45) is 1.31. The van der Waals surface area contributed by atoms with E-state index in [0.717, 1.165) is 5.41 Å². The highest BCUT2D eigenvalue weighted by Gasteiger charge is 2.23. The van der Waals surface area contributed by atoms with E-state index in [1.807, 2.05) is 0 Å². The predicted molar refractivity (Wildman–Crippen MR) is 137 cm³/mol. The summed E-state index contributed by atoms with van der Waals surface area (Å²) in [5.41, 5.74) is 0.718. The monoisotopic (exact) mass is 514 g/mol. The third-order valence-electron chi connectivity index (χ3n) is 5.06. The number of methoxy groups -OCH3 is 4. The van der Waals surface area contributed by atoms with Crippen LogP contribution in [0.25, 0.3) is 6.08 Å². The minimum Gasteiger partial charge on any atom is -0.496 e. The van der Waals surface area contributed by atoms with Gasteiger partial charge in [-0.2, -0.15) is 0 Å². The molecule has 0 spiro atoms. The van der Waals surface area contributed by atoms with Gasteiger partial charge in [0.25, 0.3) is 10.0 Å². The molecule has 0 fully saturated rings. The van der Waals surface area contributed by atoms with Crippen molar-refractivity contribution in [3.8, 4) is 23.0 Å². The highest BCUT2D eigenvalue weighted by Crippen LogP contribution is 2.38. The molecule has 190 valence electrons. The molecule has 0 aliphatic heterocycles. The summed E-state index contributed by atoms with van der Waals surface area (Å²) in [5, 5.41) is 13.7. The molecule has 0 atom stereocenters. The van der Waals surface area contributed by atoms with Crippen LogP contribution >= 0.6 is 0 Å². The number of rotatable bonds is 11. The van der Waals surface area contributed by atoms with E-state index in [0.29, 0.717) is 28.5 Å². The van der Waals surface area contributed by atoms with Gasteiger partial charge in [0.1, 0.15) is 28.6 Å². The van der Waals surface area contributed by atoms with E-state index in [9.17, 15) is 18.3 Å². The third kappa shape index (κ3) is 5.99. The molecular weight excluding hydrogens is 488 g/mol. The lowest BCUT2D eigenvalue weighted by Gasteiger charge is -2.18. The first kappa shape index (κ1) is 26.2. The van der Waals surface area contributed by atoms with Gasteiger partial charge in [-0.05, 0) is 30.3 Å². The molecule has 10 nitrogen and oxygen atoms in total. The molecule has 11 heteroatoms. The quantitative estimate of drug-likeness (QED) is 0.336. The third-order valence-corrected chi connectivity index (χ3v) is 6.06. The summed E-state index contributed by atoms with van der Waals surface area (Å²) in [5.74, 6) is -0.0945. The number of aromatic carboxylic acids is 1. The highest BCUT2D eigenvalue weighted by atomic mass is 32.2. The average molecular weight is 515 g/mol. The van der Waals surface area contributed by atoms with Crippen LogP contribution in [0.1, 0.15) is 15.9 Å². The summed E-state index contributed by atoms with van der Waals surface area (Å²) in [4.78, 5) is 12.1.